The highest BCUT2D eigenvalue weighted by Gasteiger charge is 2.33. The number of nitrogens with zero attached hydrogens (tertiary/aromatic N) is 1. The van der Waals surface area contributed by atoms with Crippen LogP contribution < -0.4 is 4.74 Å². The van der Waals surface area contributed by atoms with Crippen molar-refractivity contribution in [3.63, 3.8) is 0 Å². The molecular formula is C14H19NO2. The average molecular weight is 233 g/mol. The van der Waals surface area contributed by atoms with E-state index in [0.29, 0.717) is 23.8 Å². The van der Waals surface area contributed by atoms with Crippen molar-refractivity contribution in [1.29, 1.82) is 0 Å². The molecule has 0 bridgehead atoms. The fourth-order valence-corrected chi connectivity index (χ4v) is 1.93. The molecule has 1 saturated carbocycles. The van der Waals surface area contributed by atoms with Crippen LogP contribution in [0.2, 0.25) is 0 Å². The van der Waals surface area contributed by atoms with Gasteiger partial charge in [0.25, 0.3) is 0 Å². The van der Waals surface area contributed by atoms with E-state index in [1.165, 1.54) is 12.8 Å². The normalized spacial score (nSPS) is 16.6. The summed E-state index contributed by atoms with van der Waals surface area (Å²) in [6.07, 6.45) is 6.63. The largest absolute Gasteiger partial charge is 0.492 e. The van der Waals surface area contributed by atoms with Crippen LogP contribution in [-0.2, 0) is 0 Å². The first-order valence-corrected chi connectivity index (χ1v) is 6.34. The molecule has 1 aliphatic rings. The van der Waals surface area contributed by atoms with Crippen molar-refractivity contribution in [2.75, 3.05) is 6.61 Å². The molecule has 1 aromatic rings. The molecule has 92 valence electrons. The van der Waals surface area contributed by atoms with Gasteiger partial charge in [0.15, 0.2) is 5.78 Å². The molecule has 0 spiro atoms. The summed E-state index contributed by atoms with van der Waals surface area (Å²) >= 11 is 0. The lowest BCUT2D eigenvalue weighted by molar-refractivity contribution is 0.0915. The van der Waals surface area contributed by atoms with E-state index in [2.05, 4.69) is 11.9 Å². The first-order chi connectivity index (χ1) is 8.22. The minimum atomic E-state index is 0.123. The van der Waals surface area contributed by atoms with Crippen molar-refractivity contribution < 1.29 is 9.53 Å². The molecule has 1 heterocycles. The molecule has 3 nitrogen and oxygen atoms in total. The molecule has 3 heteroatoms. The number of ketones is 1. The molecule has 0 radical (unpaired) electrons. The minimum Gasteiger partial charge on any atom is -0.492 e. The number of hydrogen-bond donors (Lipinski definition) is 0. The van der Waals surface area contributed by atoms with Gasteiger partial charge in [-0.1, -0.05) is 13.8 Å². The Bertz CT molecular complexity index is 399. The highest BCUT2D eigenvalue weighted by Crippen LogP contribution is 2.38. The van der Waals surface area contributed by atoms with Crippen LogP contribution in [0.5, 0.6) is 5.75 Å². The van der Waals surface area contributed by atoms with E-state index >= 15 is 0 Å². The summed E-state index contributed by atoms with van der Waals surface area (Å²) in [5, 5.41) is 0. The average Bonchev–Trinajstić information content (AvgIpc) is 3.19. The van der Waals surface area contributed by atoms with Gasteiger partial charge in [0, 0.05) is 17.7 Å². The van der Waals surface area contributed by atoms with Crippen molar-refractivity contribution in [1.82, 2.24) is 4.98 Å². The molecule has 2 rings (SSSR count). The number of carbonyl (C=O) groups excluding carboxylic acids is 1. The van der Waals surface area contributed by atoms with E-state index in [4.69, 9.17) is 4.74 Å². The second kappa shape index (κ2) is 5.30. The maximum Gasteiger partial charge on any atom is 0.167 e. The van der Waals surface area contributed by atoms with Gasteiger partial charge in [0.05, 0.1) is 12.8 Å². The first-order valence-electron chi connectivity index (χ1n) is 6.34. The molecule has 0 N–H and O–H groups in total. The van der Waals surface area contributed by atoms with Crippen LogP contribution >= 0.6 is 0 Å². The van der Waals surface area contributed by atoms with Crippen molar-refractivity contribution >= 4 is 5.78 Å². The zero-order valence-electron chi connectivity index (χ0n) is 10.5. The summed E-state index contributed by atoms with van der Waals surface area (Å²) in [5.41, 5.74) is 0.679. The summed E-state index contributed by atoms with van der Waals surface area (Å²) < 4.78 is 5.49. The summed E-state index contributed by atoms with van der Waals surface area (Å²) in [6.45, 7) is 4.73. The Hall–Kier alpha value is -1.38. The fraction of sp³-hybridized carbons (Fsp3) is 0.571. The number of Topliss-reactive ketones (excluding diaryl/α,β-unsaturated/α-hetero) is 1. The van der Waals surface area contributed by atoms with Crippen molar-refractivity contribution in [2.45, 2.75) is 33.1 Å². The quantitative estimate of drug-likeness (QED) is 0.709. The maximum atomic E-state index is 12.2. The molecule has 1 aliphatic carbocycles. The van der Waals surface area contributed by atoms with Gasteiger partial charge >= 0.3 is 0 Å². The number of ether oxygens (including phenoxy) is 1. The van der Waals surface area contributed by atoms with Crippen LogP contribution in [0.25, 0.3) is 0 Å². The van der Waals surface area contributed by atoms with Crippen LogP contribution in [0, 0.1) is 11.8 Å². The standard InChI is InChI=1S/C14H19NO2/c1-3-6-17-13-7-12(8-15-9-13)14(16)10(2)11-4-5-11/h7-11H,3-6H2,1-2H3. The number of aromatic nitrogens is 1. The molecule has 0 aliphatic heterocycles. The van der Waals surface area contributed by atoms with E-state index in [-0.39, 0.29) is 11.7 Å². The predicted molar refractivity (Wildman–Crippen MR) is 66.2 cm³/mol. The SMILES string of the molecule is CCCOc1cncc(C(=O)C(C)C2CC2)c1. The Morgan fingerprint density at radius 2 is 2.29 bits per heavy atom. The van der Waals surface area contributed by atoms with E-state index in [1.54, 1.807) is 12.4 Å². The Labute approximate surface area is 102 Å². The Kier molecular flexibility index (Phi) is 3.77. The summed E-state index contributed by atoms with van der Waals surface area (Å²) in [5.74, 6) is 1.60. The maximum absolute atomic E-state index is 12.2. The second-order valence-electron chi connectivity index (χ2n) is 4.75. The topological polar surface area (TPSA) is 39.2 Å². The number of rotatable bonds is 6. The molecule has 17 heavy (non-hydrogen) atoms. The Morgan fingerprint density at radius 3 is 2.94 bits per heavy atom. The van der Waals surface area contributed by atoms with Crippen LogP contribution in [0.3, 0.4) is 0 Å². The number of pyridine rings is 1. The van der Waals surface area contributed by atoms with E-state index in [0.717, 1.165) is 6.42 Å². The van der Waals surface area contributed by atoms with Gasteiger partial charge in [-0.05, 0) is 31.2 Å². The van der Waals surface area contributed by atoms with E-state index in [1.807, 2.05) is 13.0 Å². The second-order valence-corrected chi connectivity index (χ2v) is 4.75. The van der Waals surface area contributed by atoms with E-state index < -0.39 is 0 Å². The smallest absolute Gasteiger partial charge is 0.167 e. The summed E-state index contributed by atoms with van der Waals surface area (Å²) in [4.78, 5) is 16.2. The van der Waals surface area contributed by atoms with Gasteiger partial charge < -0.3 is 4.74 Å². The molecule has 0 amide bonds. The zero-order chi connectivity index (χ0) is 12.3. The molecule has 1 unspecified atom stereocenters. The summed E-state index contributed by atoms with van der Waals surface area (Å²) in [6, 6.07) is 1.81. The molecule has 1 atom stereocenters. The van der Waals surface area contributed by atoms with Crippen LogP contribution in [0.1, 0.15) is 43.5 Å². The third-order valence-corrected chi connectivity index (χ3v) is 3.21. The lowest BCUT2D eigenvalue weighted by Crippen LogP contribution is -2.13. The van der Waals surface area contributed by atoms with Gasteiger partial charge in [-0.25, -0.2) is 0 Å². The lowest BCUT2D eigenvalue weighted by atomic mass is 9.96. The number of hydrogen-bond acceptors (Lipinski definition) is 3. The monoisotopic (exact) mass is 233 g/mol. The van der Waals surface area contributed by atoms with Crippen LogP contribution in [0.4, 0.5) is 0 Å². The Morgan fingerprint density at radius 1 is 1.53 bits per heavy atom. The molecule has 0 aromatic carbocycles. The third kappa shape index (κ3) is 3.05. The third-order valence-electron chi connectivity index (χ3n) is 3.21. The minimum absolute atomic E-state index is 0.123. The lowest BCUT2D eigenvalue weighted by Gasteiger charge is -2.10. The highest BCUT2D eigenvalue weighted by atomic mass is 16.5. The Balaban J connectivity index is 2.06. The highest BCUT2D eigenvalue weighted by molar-refractivity contribution is 5.98. The summed E-state index contributed by atoms with van der Waals surface area (Å²) in [7, 11) is 0. The van der Waals surface area contributed by atoms with E-state index in [9.17, 15) is 4.79 Å². The van der Waals surface area contributed by atoms with Crippen molar-refractivity contribution in [3.05, 3.63) is 24.0 Å². The van der Waals surface area contributed by atoms with Gasteiger partial charge in [-0.2, -0.15) is 0 Å². The molecule has 1 fully saturated rings. The van der Waals surface area contributed by atoms with Gasteiger partial charge in [-0.15, -0.1) is 0 Å². The van der Waals surface area contributed by atoms with Crippen molar-refractivity contribution in [3.8, 4) is 5.75 Å². The van der Waals surface area contributed by atoms with Gasteiger partial charge in [0.1, 0.15) is 5.75 Å². The van der Waals surface area contributed by atoms with Crippen LogP contribution in [0.15, 0.2) is 18.5 Å². The molecular weight excluding hydrogens is 214 g/mol. The van der Waals surface area contributed by atoms with Gasteiger partial charge in [-0.3, -0.25) is 9.78 Å². The zero-order valence-corrected chi connectivity index (χ0v) is 10.5. The first kappa shape index (κ1) is 12.1. The van der Waals surface area contributed by atoms with Crippen LogP contribution in [-0.4, -0.2) is 17.4 Å². The molecule has 1 aromatic heterocycles. The fourth-order valence-electron chi connectivity index (χ4n) is 1.93. The molecule has 0 saturated heterocycles. The number of carbonyl (C=O) groups is 1. The predicted octanol–water partition coefficient (Wildman–Crippen LogP) is 3.10. The van der Waals surface area contributed by atoms with Gasteiger partial charge in [0.2, 0.25) is 0 Å². The van der Waals surface area contributed by atoms with Crippen molar-refractivity contribution in [2.24, 2.45) is 11.8 Å².